The first-order valence-electron chi connectivity index (χ1n) is 6.84. The van der Waals surface area contributed by atoms with E-state index in [0.717, 1.165) is 24.9 Å². The second-order valence-electron chi connectivity index (χ2n) is 5.09. The maximum absolute atomic E-state index is 12.3. The number of aliphatic hydroxyl groups is 1. The highest BCUT2D eigenvalue weighted by atomic mass is 16.3. The van der Waals surface area contributed by atoms with Crippen LogP contribution in [0.1, 0.15) is 30.7 Å². The van der Waals surface area contributed by atoms with Crippen LogP contribution in [0.3, 0.4) is 0 Å². The van der Waals surface area contributed by atoms with E-state index in [1.807, 2.05) is 36.4 Å². The van der Waals surface area contributed by atoms with Crippen LogP contribution in [0.5, 0.6) is 0 Å². The van der Waals surface area contributed by atoms with Gasteiger partial charge in [0.1, 0.15) is 0 Å². The monoisotopic (exact) mass is 259 g/mol. The summed E-state index contributed by atoms with van der Waals surface area (Å²) in [5, 5.41) is 9.62. The first-order chi connectivity index (χ1) is 9.20. The number of benzene rings is 1. The molecule has 3 nitrogen and oxygen atoms in total. The molecule has 0 aromatic heterocycles. The van der Waals surface area contributed by atoms with Crippen molar-refractivity contribution in [2.75, 3.05) is 13.1 Å². The van der Waals surface area contributed by atoms with Gasteiger partial charge in [-0.1, -0.05) is 36.4 Å². The lowest BCUT2D eigenvalue weighted by Crippen LogP contribution is -2.42. The van der Waals surface area contributed by atoms with E-state index in [1.54, 1.807) is 4.90 Å². The lowest BCUT2D eigenvalue weighted by atomic mass is 9.95. The largest absolute Gasteiger partial charge is 0.391 e. The lowest BCUT2D eigenvalue weighted by Gasteiger charge is -2.31. The zero-order valence-electron chi connectivity index (χ0n) is 11.2. The Bertz CT molecular complexity index is 430. The second kappa shape index (κ2) is 6.53. The Balaban J connectivity index is 1.98. The summed E-state index contributed by atoms with van der Waals surface area (Å²) >= 11 is 0. The number of hydrogen-bond donors (Lipinski definition) is 1. The molecule has 102 valence electrons. The highest BCUT2D eigenvalue weighted by Crippen LogP contribution is 2.22. The minimum atomic E-state index is -0.364. The number of piperidine rings is 1. The molecule has 1 aromatic rings. The summed E-state index contributed by atoms with van der Waals surface area (Å²) in [5.74, 6) is 0.153. The summed E-state index contributed by atoms with van der Waals surface area (Å²) in [4.78, 5) is 14.0. The van der Waals surface area contributed by atoms with Crippen molar-refractivity contribution in [1.82, 2.24) is 4.90 Å². The van der Waals surface area contributed by atoms with Gasteiger partial charge >= 0.3 is 0 Å². The molecule has 19 heavy (non-hydrogen) atoms. The molecule has 0 saturated carbocycles. The fraction of sp³-hybridized carbons (Fsp3) is 0.438. The summed E-state index contributed by atoms with van der Waals surface area (Å²) in [6.45, 7) is 5.06. The van der Waals surface area contributed by atoms with Gasteiger partial charge in [0.05, 0.1) is 6.10 Å². The highest BCUT2D eigenvalue weighted by Gasteiger charge is 2.23. The number of likely N-dealkylation sites (tertiary alicyclic amines) is 1. The van der Waals surface area contributed by atoms with E-state index < -0.39 is 0 Å². The SMILES string of the molecule is C=CC(CC(=O)N1CCCC(O)C1)c1ccccc1. The van der Waals surface area contributed by atoms with Gasteiger partial charge in [-0.05, 0) is 18.4 Å². The molecule has 1 aliphatic heterocycles. The number of aliphatic hydroxyl groups excluding tert-OH is 1. The van der Waals surface area contributed by atoms with Crippen molar-refractivity contribution in [1.29, 1.82) is 0 Å². The van der Waals surface area contributed by atoms with E-state index in [2.05, 4.69) is 6.58 Å². The highest BCUT2D eigenvalue weighted by molar-refractivity contribution is 5.77. The standard InChI is InChI=1S/C16H21NO2/c1-2-13(14-7-4-3-5-8-14)11-16(19)17-10-6-9-15(18)12-17/h2-5,7-8,13,15,18H,1,6,9-12H2. The van der Waals surface area contributed by atoms with Crippen LogP contribution in [0.25, 0.3) is 0 Å². The van der Waals surface area contributed by atoms with Gasteiger partial charge < -0.3 is 10.0 Å². The summed E-state index contributed by atoms with van der Waals surface area (Å²) < 4.78 is 0. The number of β-amino-alcohol motifs (C(OH)–C–C–N with tert-alkyl or cyclic N) is 1. The Morgan fingerprint density at radius 2 is 2.21 bits per heavy atom. The zero-order valence-corrected chi connectivity index (χ0v) is 11.2. The van der Waals surface area contributed by atoms with E-state index in [-0.39, 0.29) is 17.9 Å². The van der Waals surface area contributed by atoms with Gasteiger partial charge in [0.25, 0.3) is 0 Å². The van der Waals surface area contributed by atoms with Crippen molar-refractivity contribution in [3.8, 4) is 0 Å². The van der Waals surface area contributed by atoms with Gasteiger partial charge in [-0.3, -0.25) is 4.79 Å². The summed E-state index contributed by atoms with van der Waals surface area (Å²) in [7, 11) is 0. The summed E-state index contributed by atoms with van der Waals surface area (Å²) in [5.41, 5.74) is 1.11. The molecule has 0 aliphatic carbocycles. The van der Waals surface area contributed by atoms with E-state index in [1.165, 1.54) is 0 Å². The molecule has 1 aromatic carbocycles. The molecule has 1 N–H and O–H groups in total. The first-order valence-corrected chi connectivity index (χ1v) is 6.84. The van der Waals surface area contributed by atoms with Gasteiger partial charge in [-0.2, -0.15) is 0 Å². The minimum absolute atomic E-state index is 0.0489. The number of carbonyl (C=O) groups excluding carboxylic acids is 1. The molecule has 3 heteroatoms. The van der Waals surface area contributed by atoms with E-state index >= 15 is 0 Å². The average molecular weight is 259 g/mol. The maximum atomic E-state index is 12.3. The van der Waals surface area contributed by atoms with Crippen LogP contribution in [-0.4, -0.2) is 35.1 Å². The van der Waals surface area contributed by atoms with Crippen molar-refractivity contribution in [3.05, 3.63) is 48.6 Å². The van der Waals surface area contributed by atoms with Crippen molar-refractivity contribution >= 4 is 5.91 Å². The van der Waals surface area contributed by atoms with Crippen LogP contribution in [0.15, 0.2) is 43.0 Å². The van der Waals surface area contributed by atoms with Crippen LogP contribution >= 0.6 is 0 Å². The van der Waals surface area contributed by atoms with Gasteiger partial charge in [-0.15, -0.1) is 6.58 Å². The summed E-state index contributed by atoms with van der Waals surface area (Å²) in [6, 6.07) is 9.95. The van der Waals surface area contributed by atoms with E-state index in [9.17, 15) is 9.90 Å². The molecule has 2 rings (SSSR count). The Kier molecular flexibility index (Phi) is 4.74. The van der Waals surface area contributed by atoms with Gasteiger partial charge in [-0.25, -0.2) is 0 Å². The molecular formula is C16H21NO2. The predicted octanol–water partition coefficient (Wildman–Crippen LogP) is 2.33. The molecular weight excluding hydrogens is 238 g/mol. The summed E-state index contributed by atoms with van der Waals surface area (Å²) in [6.07, 6.45) is 3.58. The lowest BCUT2D eigenvalue weighted by molar-refractivity contribution is -0.134. The van der Waals surface area contributed by atoms with Crippen LogP contribution in [0.2, 0.25) is 0 Å². The van der Waals surface area contributed by atoms with E-state index in [0.29, 0.717) is 13.0 Å². The smallest absolute Gasteiger partial charge is 0.223 e. The van der Waals surface area contributed by atoms with Crippen LogP contribution in [-0.2, 0) is 4.79 Å². The van der Waals surface area contributed by atoms with Crippen molar-refractivity contribution in [2.24, 2.45) is 0 Å². The predicted molar refractivity (Wildman–Crippen MR) is 75.8 cm³/mol. The first kappa shape index (κ1) is 13.8. The Hall–Kier alpha value is -1.61. The number of nitrogens with zero attached hydrogens (tertiary/aromatic N) is 1. The van der Waals surface area contributed by atoms with Crippen molar-refractivity contribution in [2.45, 2.75) is 31.3 Å². The Morgan fingerprint density at radius 1 is 1.47 bits per heavy atom. The van der Waals surface area contributed by atoms with Crippen LogP contribution in [0, 0.1) is 0 Å². The molecule has 1 saturated heterocycles. The number of allylic oxidation sites excluding steroid dienone is 1. The van der Waals surface area contributed by atoms with Gasteiger partial charge in [0.15, 0.2) is 0 Å². The maximum Gasteiger partial charge on any atom is 0.223 e. The molecule has 1 fully saturated rings. The molecule has 1 amide bonds. The minimum Gasteiger partial charge on any atom is -0.391 e. The fourth-order valence-corrected chi connectivity index (χ4v) is 2.54. The third kappa shape index (κ3) is 3.67. The fourth-order valence-electron chi connectivity index (χ4n) is 2.54. The van der Waals surface area contributed by atoms with Crippen LogP contribution < -0.4 is 0 Å². The number of carbonyl (C=O) groups is 1. The number of amides is 1. The molecule has 0 bridgehead atoms. The quantitative estimate of drug-likeness (QED) is 0.843. The third-order valence-corrected chi connectivity index (χ3v) is 3.66. The van der Waals surface area contributed by atoms with Gasteiger partial charge in [0, 0.05) is 25.4 Å². The molecule has 2 atom stereocenters. The van der Waals surface area contributed by atoms with E-state index in [4.69, 9.17) is 0 Å². The second-order valence-corrected chi connectivity index (χ2v) is 5.09. The van der Waals surface area contributed by atoms with Crippen molar-refractivity contribution in [3.63, 3.8) is 0 Å². The Morgan fingerprint density at radius 3 is 2.84 bits per heavy atom. The Labute approximate surface area is 114 Å². The average Bonchev–Trinajstić information content (AvgIpc) is 2.45. The normalized spacial score (nSPS) is 20.9. The molecule has 1 aliphatic rings. The zero-order chi connectivity index (χ0) is 13.7. The molecule has 0 radical (unpaired) electrons. The third-order valence-electron chi connectivity index (χ3n) is 3.66. The molecule has 2 unspecified atom stereocenters. The van der Waals surface area contributed by atoms with Crippen molar-refractivity contribution < 1.29 is 9.90 Å². The topological polar surface area (TPSA) is 40.5 Å². The molecule has 0 spiro atoms. The molecule has 1 heterocycles. The number of rotatable bonds is 4. The number of hydrogen-bond acceptors (Lipinski definition) is 2. The van der Waals surface area contributed by atoms with Gasteiger partial charge in [0.2, 0.25) is 5.91 Å². The van der Waals surface area contributed by atoms with Crippen LogP contribution in [0.4, 0.5) is 0 Å².